The normalized spacial score (nSPS) is 10.4. The number of carbonyl (C=O) groups excluding carboxylic acids is 1. The van der Waals surface area contributed by atoms with Crippen molar-refractivity contribution in [2.24, 2.45) is 0 Å². The lowest BCUT2D eigenvalue weighted by Gasteiger charge is -2.06. The maximum atomic E-state index is 12.3. The summed E-state index contributed by atoms with van der Waals surface area (Å²) in [5.41, 5.74) is 2.06. The molecular weight excluding hydrogens is 308 g/mol. The molecule has 0 aliphatic heterocycles. The molecule has 24 heavy (non-hydrogen) atoms. The molecule has 0 bridgehead atoms. The van der Waals surface area contributed by atoms with Gasteiger partial charge in [0.05, 0.1) is 29.8 Å². The first-order valence-corrected chi connectivity index (χ1v) is 7.19. The van der Waals surface area contributed by atoms with E-state index in [0.29, 0.717) is 11.4 Å². The minimum absolute atomic E-state index is 0.0168. The summed E-state index contributed by atoms with van der Waals surface area (Å²) in [7, 11) is 0. The Balaban J connectivity index is 1.79. The fourth-order valence-electron chi connectivity index (χ4n) is 2.02. The predicted molar refractivity (Wildman–Crippen MR) is 86.0 cm³/mol. The maximum absolute atomic E-state index is 12.3. The van der Waals surface area contributed by atoms with Crippen LogP contribution in [0.1, 0.15) is 21.7 Å². The van der Waals surface area contributed by atoms with E-state index in [-0.39, 0.29) is 12.1 Å². The van der Waals surface area contributed by atoms with E-state index in [1.54, 1.807) is 36.9 Å². The largest absolute Gasteiger partial charge is 0.346 e. The van der Waals surface area contributed by atoms with Crippen LogP contribution in [0.2, 0.25) is 0 Å². The predicted octanol–water partition coefficient (Wildman–Crippen LogP) is 0.860. The molecule has 3 aromatic heterocycles. The Morgan fingerprint density at radius 1 is 1.21 bits per heavy atom. The number of aryl methyl sites for hydroxylation is 1. The van der Waals surface area contributed by atoms with Crippen LogP contribution in [0.4, 0.5) is 0 Å². The summed E-state index contributed by atoms with van der Waals surface area (Å²) in [4.78, 5) is 36.3. The van der Waals surface area contributed by atoms with Gasteiger partial charge in [0.25, 0.3) is 11.5 Å². The number of hydrogen-bond acceptors (Lipinski definition) is 6. The van der Waals surface area contributed by atoms with E-state index in [9.17, 15) is 9.59 Å². The van der Waals surface area contributed by atoms with Crippen molar-refractivity contribution < 1.29 is 4.79 Å². The minimum atomic E-state index is -0.555. The van der Waals surface area contributed by atoms with Crippen LogP contribution >= 0.6 is 0 Å². The second-order valence-electron chi connectivity index (χ2n) is 5.06. The van der Waals surface area contributed by atoms with Crippen LogP contribution in [-0.2, 0) is 6.54 Å². The summed E-state index contributed by atoms with van der Waals surface area (Å²) in [6.45, 7) is 2.00. The van der Waals surface area contributed by atoms with Crippen LogP contribution in [0.15, 0.2) is 47.8 Å². The monoisotopic (exact) mass is 322 g/mol. The lowest BCUT2D eigenvalue weighted by atomic mass is 10.1. The summed E-state index contributed by atoms with van der Waals surface area (Å²) < 4.78 is 0. The molecule has 0 saturated heterocycles. The molecule has 3 heterocycles. The van der Waals surface area contributed by atoms with Gasteiger partial charge in [0.15, 0.2) is 0 Å². The quantitative estimate of drug-likeness (QED) is 0.736. The van der Waals surface area contributed by atoms with Gasteiger partial charge in [0.1, 0.15) is 5.56 Å². The number of H-pyrrole nitrogens is 1. The average molecular weight is 322 g/mol. The van der Waals surface area contributed by atoms with Crippen molar-refractivity contribution in [3.05, 3.63) is 70.3 Å². The SMILES string of the molecule is Cc1cnc(CNC(=O)c2cc(-c3ccncc3)n[nH]c2=O)cn1. The maximum Gasteiger partial charge on any atom is 0.277 e. The zero-order valence-corrected chi connectivity index (χ0v) is 12.9. The molecule has 0 atom stereocenters. The van der Waals surface area contributed by atoms with Crippen molar-refractivity contribution in [2.45, 2.75) is 13.5 Å². The van der Waals surface area contributed by atoms with Crippen LogP contribution in [0.5, 0.6) is 0 Å². The molecule has 0 aliphatic rings. The molecule has 120 valence electrons. The number of aromatic amines is 1. The number of rotatable bonds is 4. The molecule has 0 radical (unpaired) electrons. The second kappa shape index (κ2) is 6.78. The molecule has 1 amide bonds. The average Bonchev–Trinajstić information content (AvgIpc) is 2.62. The molecule has 2 N–H and O–H groups in total. The Bertz CT molecular complexity index is 906. The van der Waals surface area contributed by atoms with Crippen molar-refractivity contribution in [1.82, 2.24) is 30.5 Å². The molecule has 3 rings (SSSR count). The first kappa shape index (κ1) is 15.5. The second-order valence-corrected chi connectivity index (χ2v) is 5.06. The molecule has 3 aromatic rings. The van der Waals surface area contributed by atoms with Crippen LogP contribution in [0.3, 0.4) is 0 Å². The van der Waals surface area contributed by atoms with Crippen LogP contribution < -0.4 is 10.9 Å². The molecule has 8 heteroatoms. The van der Waals surface area contributed by atoms with Gasteiger partial charge in [-0.05, 0) is 25.1 Å². The Morgan fingerprint density at radius 2 is 2.00 bits per heavy atom. The van der Waals surface area contributed by atoms with Crippen molar-refractivity contribution in [2.75, 3.05) is 0 Å². The van der Waals surface area contributed by atoms with Gasteiger partial charge in [0, 0.05) is 24.2 Å². The smallest absolute Gasteiger partial charge is 0.277 e. The number of hydrogen-bond donors (Lipinski definition) is 2. The van der Waals surface area contributed by atoms with Crippen LogP contribution in [-0.4, -0.2) is 31.1 Å². The van der Waals surface area contributed by atoms with Gasteiger partial charge in [-0.15, -0.1) is 0 Å². The molecule has 0 aliphatic carbocycles. The van der Waals surface area contributed by atoms with E-state index >= 15 is 0 Å². The summed E-state index contributed by atoms with van der Waals surface area (Å²) in [5.74, 6) is -0.503. The Hall–Kier alpha value is -3.42. The summed E-state index contributed by atoms with van der Waals surface area (Å²) in [6, 6.07) is 4.93. The van der Waals surface area contributed by atoms with E-state index < -0.39 is 11.5 Å². The third-order valence-corrected chi connectivity index (χ3v) is 3.29. The first-order valence-electron chi connectivity index (χ1n) is 7.19. The number of pyridine rings is 1. The minimum Gasteiger partial charge on any atom is -0.346 e. The van der Waals surface area contributed by atoms with Crippen molar-refractivity contribution in [3.8, 4) is 11.3 Å². The standard InChI is InChI=1S/C16H14N6O2/c1-10-7-19-12(8-18-10)9-20-15(23)13-6-14(21-22-16(13)24)11-2-4-17-5-3-11/h2-8H,9H2,1H3,(H,20,23)(H,22,24). The third kappa shape index (κ3) is 3.49. The molecule has 0 fully saturated rings. The number of carbonyl (C=O) groups is 1. The molecule has 0 spiro atoms. The van der Waals surface area contributed by atoms with Crippen LogP contribution in [0, 0.1) is 6.92 Å². The summed E-state index contributed by atoms with van der Waals surface area (Å²) >= 11 is 0. The van der Waals surface area contributed by atoms with E-state index in [1.165, 1.54) is 6.07 Å². The first-order chi connectivity index (χ1) is 11.6. The van der Waals surface area contributed by atoms with E-state index in [1.807, 2.05) is 6.92 Å². The van der Waals surface area contributed by atoms with Gasteiger partial charge in [-0.2, -0.15) is 5.10 Å². The van der Waals surface area contributed by atoms with E-state index in [4.69, 9.17) is 0 Å². The van der Waals surface area contributed by atoms with E-state index in [0.717, 1.165) is 11.3 Å². The van der Waals surface area contributed by atoms with Gasteiger partial charge < -0.3 is 5.32 Å². The highest BCUT2D eigenvalue weighted by Crippen LogP contribution is 2.14. The fraction of sp³-hybridized carbons (Fsp3) is 0.125. The number of amides is 1. The molecule has 0 unspecified atom stereocenters. The Labute approximate surface area is 137 Å². The van der Waals surface area contributed by atoms with Gasteiger partial charge in [-0.1, -0.05) is 0 Å². The number of nitrogens with zero attached hydrogens (tertiary/aromatic N) is 4. The molecular formula is C16H14N6O2. The topological polar surface area (TPSA) is 114 Å². The van der Waals surface area contributed by atoms with Crippen molar-refractivity contribution in [3.63, 3.8) is 0 Å². The van der Waals surface area contributed by atoms with Crippen LogP contribution in [0.25, 0.3) is 11.3 Å². The zero-order chi connectivity index (χ0) is 16.9. The van der Waals surface area contributed by atoms with Gasteiger partial charge in [-0.25, -0.2) is 5.10 Å². The van der Waals surface area contributed by atoms with Gasteiger partial charge in [-0.3, -0.25) is 24.5 Å². The molecule has 0 saturated carbocycles. The van der Waals surface area contributed by atoms with Crippen molar-refractivity contribution >= 4 is 5.91 Å². The van der Waals surface area contributed by atoms with Crippen molar-refractivity contribution in [1.29, 1.82) is 0 Å². The van der Waals surface area contributed by atoms with Gasteiger partial charge in [0.2, 0.25) is 0 Å². The Morgan fingerprint density at radius 3 is 2.71 bits per heavy atom. The highest BCUT2D eigenvalue weighted by Gasteiger charge is 2.13. The highest BCUT2D eigenvalue weighted by atomic mass is 16.2. The zero-order valence-electron chi connectivity index (χ0n) is 12.9. The Kier molecular flexibility index (Phi) is 4.37. The third-order valence-electron chi connectivity index (χ3n) is 3.29. The van der Waals surface area contributed by atoms with Gasteiger partial charge >= 0.3 is 0 Å². The van der Waals surface area contributed by atoms with E-state index in [2.05, 4.69) is 30.5 Å². The number of aromatic nitrogens is 5. The lowest BCUT2D eigenvalue weighted by molar-refractivity contribution is 0.0948. The number of nitrogens with one attached hydrogen (secondary N) is 2. The lowest BCUT2D eigenvalue weighted by Crippen LogP contribution is -2.30. The molecule has 8 nitrogen and oxygen atoms in total. The summed E-state index contributed by atoms with van der Waals surface area (Å²) in [5, 5.41) is 8.94. The summed E-state index contributed by atoms with van der Waals surface area (Å²) in [6.07, 6.45) is 6.41. The fourth-order valence-corrected chi connectivity index (χ4v) is 2.02. The molecule has 0 aromatic carbocycles. The highest BCUT2D eigenvalue weighted by molar-refractivity contribution is 5.94.